The van der Waals surface area contributed by atoms with E-state index in [1.807, 2.05) is 6.92 Å². The molecule has 6 nitrogen and oxygen atoms in total. The zero-order valence-electron chi connectivity index (χ0n) is 14.3. The first-order valence-electron chi connectivity index (χ1n) is 8.06. The zero-order valence-corrected chi connectivity index (χ0v) is 14.3. The van der Waals surface area contributed by atoms with Gasteiger partial charge in [0.25, 0.3) is 5.91 Å². The maximum atomic E-state index is 14.6. The normalized spacial score (nSPS) is 10.9. The fourth-order valence-corrected chi connectivity index (χ4v) is 2.75. The highest BCUT2D eigenvalue weighted by Gasteiger charge is 2.23. The lowest BCUT2D eigenvalue weighted by Crippen LogP contribution is -2.25. The molecule has 0 aliphatic rings. The molecule has 0 radical (unpaired) electrons. The molecule has 0 atom stereocenters. The Morgan fingerprint density at radius 1 is 1.31 bits per heavy atom. The Morgan fingerprint density at radius 2 is 2.08 bits per heavy atom. The van der Waals surface area contributed by atoms with Crippen molar-refractivity contribution in [3.63, 3.8) is 0 Å². The average molecular weight is 360 g/mol. The van der Waals surface area contributed by atoms with Gasteiger partial charge >= 0.3 is 0 Å². The number of pyridine rings is 1. The van der Waals surface area contributed by atoms with Crippen LogP contribution in [0.25, 0.3) is 16.8 Å². The number of nitrogen functional groups attached to an aromatic ring is 1. The number of methoxy groups -OCH3 is 1. The van der Waals surface area contributed by atoms with Crippen molar-refractivity contribution in [1.29, 1.82) is 0 Å². The summed E-state index contributed by atoms with van der Waals surface area (Å²) in [5, 5.41) is 2.68. The number of carbonyl (C=O) groups excluding carboxylic acids is 1. The Balaban J connectivity index is 2.26. The average Bonchev–Trinajstić information content (AvgIpc) is 2.96. The summed E-state index contributed by atoms with van der Waals surface area (Å²) in [5.41, 5.74) is 6.30. The maximum absolute atomic E-state index is 14.6. The molecule has 0 fully saturated rings. The Morgan fingerprint density at radius 3 is 2.77 bits per heavy atom. The lowest BCUT2D eigenvalue weighted by atomic mass is 10.0. The van der Waals surface area contributed by atoms with E-state index in [1.54, 1.807) is 0 Å². The van der Waals surface area contributed by atoms with Gasteiger partial charge in [-0.25, -0.2) is 13.8 Å². The monoisotopic (exact) mass is 360 g/mol. The van der Waals surface area contributed by atoms with Crippen molar-refractivity contribution in [1.82, 2.24) is 14.7 Å². The van der Waals surface area contributed by atoms with Crippen LogP contribution in [0.4, 0.5) is 14.6 Å². The Kier molecular flexibility index (Phi) is 4.75. The Bertz CT molecular complexity index is 985. The number of imidazole rings is 1. The number of rotatable bonds is 5. The van der Waals surface area contributed by atoms with E-state index in [4.69, 9.17) is 10.5 Å². The summed E-state index contributed by atoms with van der Waals surface area (Å²) < 4.78 is 35.2. The van der Waals surface area contributed by atoms with Gasteiger partial charge < -0.3 is 15.8 Å². The van der Waals surface area contributed by atoms with Crippen molar-refractivity contribution in [3.8, 4) is 16.9 Å². The van der Waals surface area contributed by atoms with E-state index in [2.05, 4.69) is 10.3 Å². The molecule has 26 heavy (non-hydrogen) atoms. The fraction of sp³-hybridized carbons (Fsp3) is 0.222. The first-order valence-corrected chi connectivity index (χ1v) is 8.06. The van der Waals surface area contributed by atoms with Crippen LogP contribution in [0.2, 0.25) is 0 Å². The van der Waals surface area contributed by atoms with Crippen LogP contribution >= 0.6 is 0 Å². The molecule has 1 aromatic carbocycles. The van der Waals surface area contributed by atoms with Crippen LogP contribution in [-0.4, -0.2) is 28.9 Å². The first kappa shape index (κ1) is 17.7. The van der Waals surface area contributed by atoms with E-state index >= 15 is 0 Å². The highest BCUT2D eigenvalue weighted by molar-refractivity contribution is 5.99. The number of benzene rings is 1. The number of nitrogens with zero attached hydrogens (tertiary/aromatic N) is 2. The minimum absolute atomic E-state index is 0.00471. The smallest absolute Gasteiger partial charge is 0.273 e. The third-order valence-corrected chi connectivity index (χ3v) is 3.97. The van der Waals surface area contributed by atoms with Crippen LogP contribution in [0.1, 0.15) is 23.8 Å². The van der Waals surface area contributed by atoms with Crippen LogP contribution in [0.15, 0.2) is 30.5 Å². The molecule has 0 saturated carbocycles. The van der Waals surface area contributed by atoms with Gasteiger partial charge in [0.2, 0.25) is 0 Å². The van der Waals surface area contributed by atoms with Crippen LogP contribution in [-0.2, 0) is 0 Å². The number of amides is 1. The summed E-state index contributed by atoms with van der Waals surface area (Å²) in [6.45, 7) is 2.38. The molecular formula is C18H18F2N4O2. The van der Waals surface area contributed by atoms with Crippen molar-refractivity contribution in [2.45, 2.75) is 13.3 Å². The SMILES string of the molecule is CCCNC(=O)c1nc2c(-c3cccc(F)c3OC)c(F)ccn2c1N. The molecule has 0 unspecified atom stereocenters. The summed E-state index contributed by atoms with van der Waals surface area (Å²) in [7, 11) is 1.30. The summed E-state index contributed by atoms with van der Waals surface area (Å²) in [6, 6.07) is 5.35. The van der Waals surface area contributed by atoms with Gasteiger partial charge in [0.15, 0.2) is 17.3 Å². The molecular weight excluding hydrogens is 342 g/mol. The van der Waals surface area contributed by atoms with Crippen molar-refractivity contribution < 1.29 is 18.3 Å². The summed E-state index contributed by atoms with van der Waals surface area (Å²) >= 11 is 0. The second kappa shape index (κ2) is 6.99. The van der Waals surface area contributed by atoms with E-state index in [-0.39, 0.29) is 34.0 Å². The number of anilines is 1. The van der Waals surface area contributed by atoms with Crippen molar-refractivity contribution in [2.24, 2.45) is 0 Å². The second-order valence-corrected chi connectivity index (χ2v) is 5.65. The first-order chi connectivity index (χ1) is 12.5. The van der Waals surface area contributed by atoms with Gasteiger partial charge in [0, 0.05) is 18.3 Å². The second-order valence-electron chi connectivity index (χ2n) is 5.65. The highest BCUT2D eigenvalue weighted by atomic mass is 19.1. The molecule has 3 aromatic rings. The number of nitrogens with two attached hydrogens (primary N) is 1. The number of ether oxygens (including phenoxy) is 1. The molecule has 0 aliphatic carbocycles. The summed E-state index contributed by atoms with van der Waals surface area (Å²) in [4.78, 5) is 16.5. The number of fused-ring (bicyclic) bond motifs is 1. The molecule has 3 rings (SSSR count). The molecule has 0 saturated heterocycles. The molecule has 0 spiro atoms. The van der Waals surface area contributed by atoms with E-state index in [0.29, 0.717) is 6.54 Å². The van der Waals surface area contributed by atoms with Gasteiger partial charge in [-0.2, -0.15) is 0 Å². The number of hydrogen-bond acceptors (Lipinski definition) is 4. The van der Waals surface area contributed by atoms with Gasteiger partial charge in [-0.05, 0) is 18.6 Å². The molecule has 0 bridgehead atoms. The predicted octanol–water partition coefficient (Wildman–Crippen LogP) is 3.01. The lowest BCUT2D eigenvalue weighted by Gasteiger charge is -2.11. The minimum atomic E-state index is -0.633. The van der Waals surface area contributed by atoms with Gasteiger partial charge in [-0.1, -0.05) is 19.1 Å². The highest BCUT2D eigenvalue weighted by Crippen LogP contribution is 2.37. The molecule has 2 heterocycles. The van der Waals surface area contributed by atoms with Gasteiger partial charge in [0.05, 0.1) is 12.7 Å². The predicted molar refractivity (Wildman–Crippen MR) is 94.1 cm³/mol. The largest absolute Gasteiger partial charge is 0.493 e. The molecule has 136 valence electrons. The number of para-hydroxylation sites is 1. The van der Waals surface area contributed by atoms with Crippen LogP contribution in [0, 0.1) is 11.6 Å². The third kappa shape index (κ3) is 2.83. The molecule has 1 amide bonds. The lowest BCUT2D eigenvalue weighted by molar-refractivity contribution is 0.0950. The molecule has 2 aromatic heterocycles. The maximum Gasteiger partial charge on any atom is 0.273 e. The number of halogens is 2. The van der Waals surface area contributed by atoms with E-state index in [1.165, 1.54) is 42.0 Å². The van der Waals surface area contributed by atoms with Gasteiger partial charge in [-0.15, -0.1) is 0 Å². The Labute approximate surface area is 148 Å². The number of aromatic nitrogens is 2. The molecule has 0 aliphatic heterocycles. The quantitative estimate of drug-likeness (QED) is 0.733. The van der Waals surface area contributed by atoms with Gasteiger partial charge in [-0.3, -0.25) is 9.20 Å². The van der Waals surface area contributed by atoms with Crippen molar-refractivity contribution in [2.75, 3.05) is 19.4 Å². The van der Waals surface area contributed by atoms with E-state index < -0.39 is 17.5 Å². The summed E-state index contributed by atoms with van der Waals surface area (Å²) in [6.07, 6.45) is 2.12. The number of nitrogens with one attached hydrogen (secondary N) is 1. The minimum Gasteiger partial charge on any atom is -0.493 e. The molecule has 3 N–H and O–H groups in total. The van der Waals surface area contributed by atoms with Crippen molar-refractivity contribution >= 4 is 17.4 Å². The standard InChI is InChI=1S/C18H18F2N4O2/c1-3-8-22-18(25)14-16(21)24-9-7-11(19)13(17(24)23-14)10-5-4-6-12(20)15(10)26-2/h4-7,9H,3,8,21H2,1-2H3,(H,22,25). The van der Waals surface area contributed by atoms with Crippen LogP contribution < -0.4 is 15.8 Å². The third-order valence-electron chi connectivity index (χ3n) is 3.97. The zero-order chi connectivity index (χ0) is 18.8. The summed E-state index contributed by atoms with van der Waals surface area (Å²) in [5.74, 6) is -1.76. The van der Waals surface area contributed by atoms with E-state index in [0.717, 1.165) is 6.42 Å². The van der Waals surface area contributed by atoms with Crippen LogP contribution in [0.3, 0.4) is 0 Å². The molecule has 8 heteroatoms. The van der Waals surface area contributed by atoms with Crippen molar-refractivity contribution in [3.05, 3.63) is 47.8 Å². The van der Waals surface area contributed by atoms with Gasteiger partial charge in [0.1, 0.15) is 17.3 Å². The fourth-order valence-electron chi connectivity index (χ4n) is 2.75. The number of hydrogen-bond donors (Lipinski definition) is 2. The number of carbonyl (C=O) groups is 1. The topological polar surface area (TPSA) is 81.6 Å². The van der Waals surface area contributed by atoms with E-state index in [9.17, 15) is 13.6 Å². The Hall–Kier alpha value is -3.16. The van der Waals surface area contributed by atoms with Crippen LogP contribution in [0.5, 0.6) is 5.75 Å².